The first-order valence-corrected chi connectivity index (χ1v) is 21.4. The predicted molar refractivity (Wildman–Crippen MR) is 204 cm³/mol. The van der Waals surface area contributed by atoms with Gasteiger partial charge in [-0.1, -0.05) is 32.9 Å². The monoisotopic (exact) mass is 762 g/mol. The summed E-state index contributed by atoms with van der Waals surface area (Å²) < 4.78 is 40.5. The molecule has 5 atom stereocenters. The number of amides is 2. The summed E-state index contributed by atoms with van der Waals surface area (Å²) in [6.07, 6.45) is 8.64. The van der Waals surface area contributed by atoms with Crippen LogP contribution in [0.15, 0.2) is 35.7 Å². The molecule has 0 radical (unpaired) electrons. The third kappa shape index (κ3) is 7.48. The predicted octanol–water partition coefficient (Wildman–Crippen LogP) is 6.60. The van der Waals surface area contributed by atoms with Crippen molar-refractivity contribution in [1.29, 1.82) is 0 Å². The fourth-order valence-electron chi connectivity index (χ4n) is 8.13. The summed E-state index contributed by atoms with van der Waals surface area (Å²) in [6.45, 7) is 6.84. The molecular formula is C40H50N4O7S2. The first-order chi connectivity index (χ1) is 25.3. The lowest BCUT2D eigenvalue weighted by molar-refractivity contribution is -0.140. The number of nitrogens with zero attached hydrogens (tertiary/aromatic N) is 3. The number of methoxy groups -OCH3 is 1. The Morgan fingerprint density at radius 1 is 1.11 bits per heavy atom. The molecule has 3 aromatic rings. The lowest BCUT2D eigenvalue weighted by atomic mass is 9.84. The standard InChI is InChI=1S/C40H50N4O7S2/c1-6-27-34(50-5)15-14-28-35(19-31(41-36(27)28)37-42-32(22-52-37)23(2)3)51-25-17-29-30(18-25)38(46)44(4)16-10-8-7-9-11-24-20-40(24,21-33(29)45)39(47)43-53(48,49)26-12-13-26/h9,11,14-15,19,22-26,29-30H,6-8,10,12-13,16-18,20-21H2,1-5H3,(H,43,47)/b11-9-/t24-,25-,29-,30?,40-/m1/s1. The number of aryl methyl sites for hydroxylation is 1. The topological polar surface area (TPSA) is 145 Å². The molecule has 3 saturated carbocycles. The second kappa shape index (κ2) is 14.8. The Morgan fingerprint density at radius 3 is 2.58 bits per heavy atom. The van der Waals surface area contributed by atoms with Gasteiger partial charge in [0.15, 0.2) is 0 Å². The zero-order chi connectivity index (χ0) is 37.7. The number of carbonyl (C=O) groups is 3. The Bertz CT molecular complexity index is 2060. The summed E-state index contributed by atoms with van der Waals surface area (Å²) in [5, 5.41) is 3.08. The SMILES string of the molecule is CCc1c(OC)ccc2c(O[C@H]3CC4C(=O)N(C)CCCC/C=C\[C@@H]5C[C@@]5(C(=O)NS(=O)(=O)C5CC5)CC(=O)[C@@H]4C3)cc(-c3nc(C(C)C)cs3)nc12. The molecule has 13 heteroatoms. The Labute approximate surface area is 316 Å². The van der Waals surface area contributed by atoms with Gasteiger partial charge in [-0.2, -0.15) is 0 Å². The molecule has 1 aromatic carbocycles. The number of sulfonamides is 1. The number of pyridine rings is 1. The zero-order valence-electron chi connectivity index (χ0n) is 31.2. The summed E-state index contributed by atoms with van der Waals surface area (Å²) in [5.41, 5.74) is 2.22. The van der Waals surface area contributed by atoms with Gasteiger partial charge in [-0.3, -0.25) is 19.1 Å². The fourth-order valence-corrected chi connectivity index (χ4v) is 10.5. The van der Waals surface area contributed by atoms with E-state index < -0.39 is 44.5 Å². The second-order valence-electron chi connectivity index (χ2n) is 15.6. The Morgan fingerprint density at radius 2 is 1.89 bits per heavy atom. The van der Waals surface area contributed by atoms with Crippen molar-refractivity contribution in [3.05, 3.63) is 47.0 Å². The van der Waals surface area contributed by atoms with E-state index in [-0.39, 0.29) is 29.9 Å². The highest BCUT2D eigenvalue weighted by atomic mass is 32.2. The van der Waals surface area contributed by atoms with Gasteiger partial charge in [0.05, 0.1) is 34.9 Å². The highest BCUT2D eigenvalue weighted by Crippen LogP contribution is 2.58. The van der Waals surface area contributed by atoms with E-state index >= 15 is 0 Å². The number of fused-ring (bicyclic) bond motifs is 3. The number of benzene rings is 1. The first kappa shape index (κ1) is 37.5. The number of hydrogen-bond donors (Lipinski definition) is 1. The van der Waals surface area contributed by atoms with Crippen LogP contribution in [-0.4, -0.2) is 72.9 Å². The van der Waals surface area contributed by atoms with Gasteiger partial charge in [-0.25, -0.2) is 18.4 Å². The summed E-state index contributed by atoms with van der Waals surface area (Å²) in [5.74, 6) is -0.860. The number of rotatable bonds is 9. The van der Waals surface area contributed by atoms with Gasteiger partial charge in [0, 0.05) is 48.3 Å². The average molecular weight is 763 g/mol. The van der Waals surface area contributed by atoms with Crippen molar-refractivity contribution in [2.75, 3.05) is 20.7 Å². The van der Waals surface area contributed by atoms with E-state index in [0.29, 0.717) is 56.5 Å². The molecule has 0 spiro atoms. The number of thiazole rings is 1. The second-order valence-corrected chi connectivity index (χ2v) is 18.4. The molecular weight excluding hydrogens is 713 g/mol. The molecule has 7 rings (SSSR count). The van der Waals surface area contributed by atoms with Crippen molar-refractivity contribution in [3.63, 3.8) is 0 Å². The maximum Gasteiger partial charge on any atom is 0.240 e. The average Bonchev–Trinajstić information content (AvgIpc) is 4.01. The largest absolute Gasteiger partial charge is 0.496 e. The third-order valence-corrected chi connectivity index (χ3v) is 14.3. The molecule has 4 aliphatic rings. The Balaban J connectivity index is 1.22. The van der Waals surface area contributed by atoms with Gasteiger partial charge in [-0.15, -0.1) is 11.3 Å². The summed E-state index contributed by atoms with van der Waals surface area (Å²) >= 11 is 1.53. The molecule has 284 valence electrons. The van der Waals surface area contributed by atoms with Crippen molar-refractivity contribution >= 4 is 49.9 Å². The lowest BCUT2D eigenvalue weighted by Crippen LogP contribution is -2.42. The summed E-state index contributed by atoms with van der Waals surface area (Å²) in [6, 6.07) is 5.76. The highest BCUT2D eigenvalue weighted by Gasteiger charge is 2.61. The summed E-state index contributed by atoms with van der Waals surface area (Å²) in [7, 11) is -0.357. The smallest absolute Gasteiger partial charge is 0.240 e. The highest BCUT2D eigenvalue weighted by molar-refractivity contribution is 7.90. The van der Waals surface area contributed by atoms with Crippen molar-refractivity contribution < 1.29 is 32.3 Å². The molecule has 0 bridgehead atoms. The third-order valence-electron chi connectivity index (χ3n) is 11.6. The number of aromatic nitrogens is 2. The van der Waals surface area contributed by atoms with Gasteiger partial charge < -0.3 is 14.4 Å². The number of nitrogens with one attached hydrogen (secondary N) is 1. The van der Waals surface area contributed by atoms with Crippen LogP contribution in [0.25, 0.3) is 21.6 Å². The molecule has 2 aromatic heterocycles. The molecule has 2 amide bonds. The maximum absolute atomic E-state index is 14.4. The van der Waals surface area contributed by atoms with Crippen LogP contribution >= 0.6 is 11.3 Å². The molecule has 3 aliphatic carbocycles. The molecule has 1 N–H and O–H groups in total. The van der Waals surface area contributed by atoms with Gasteiger partial charge in [-0.05, 0) is 81.8 Å². The molecule has 53 heavy (non-hydrogen) atoms. The minimum Gasteiger partial charge on any atom is -0.496 e. The molecule has 11 nitrogen and oxygen atoms in total. The normalized spacial score (nSPS) is 27.2. The maximum atomic E-state index is 14.4. The van der Waals surface area contributed by atoms with Gasteiger partial charge in [0.1, 0.15) is 34.1 Å². The van der Waals surface area contributed by atoms with E-state index in [1.54, 1.807) is 19.1 Å². The van der Waals surface area contributed by atoms with Crippen molar-refractivity contribution in [1.82, 2.24) is 19.6 Å². The number of carbonyl (C=O) groups excluding carboxylic acids is 3. The van der Waals surface area contributed by atoms with Crippen LogP contribution < -0.4 is 14.2 Å². The number of allylic oxidation sites excluding steroid dienone is 2. The number of hydrogen-bond acceptors (Lipinski definition) is 10. The van der Waals surface area contributed by atoms with E-state index in [1.165, 1.54) is 11.3 Å². The number of ether oxygens (including phenoxy) is 2. The minimum absolute atomic E-state index is 0.105. The molecule has 3 heterocycles. The van der Waals surface area contributed by atoms with Crippen LogP contribution in [0.2, 0.25) is 0 Å². The molecule has 0 saturated heterocycles. The van der Waals surface area contributed by atoms with Crippen LogP contribution in [0, 0.1) is 23.2 Å². The van der Waals surface area contributed by atoms with Crippen molar-refractivity contribution in [2.24, 2.45) is 23.2 Å². The fraction of sp³-hybridized carbons (Fsp3) is 0.575. The van der Waals surface area contributed by atoms with Crippen molar-refractivity contribution in [2.45, 2.75) is 102 Å². The van der Waals surface area contributed by atoms with Crippen LogP contribution in [0.4, 0.5) is 0 Å². The Kier molecular flexibility index (Phi) is 10.4. The lowest BCUT2D eigenvalue weighted by Gasteiger charge is -2.26. The first-order valence-electron chi connectivity index (χ1n) is 19.0. The number of ketones is 1. The van der Waals surface area contributed by atoms with E-state index in [0.717, 1.165) is 52.2 Å². The summed E-state index contributed by atoms with van der Waals surface area (Å²) in [4.78, 5) is 53.9. The van der Waals surface area contributed by atoms with Gasteiger partial charge in [0.25, 0.3) is 0 Å². The van der Waals surface area contributed by atoms with E-state index in [2.05, 4.69) is 25.5 Å². The molecule has 1 unspecified atom stereocenters. The van der Waals surface area contributed by atoms with Crippen LogP contribution in [-0.2, 0) is 30.8 Å². The van der Waals surface area contributed by atoms with E-state index in [4.69, 9.17) is 19.4 Å². The van der Waals surface area contributed by atoms with Crippen LogP contribution in [0.3, 0.4) is 0 Å². The van der Waals surface area contributed by atoms with Crippen LogP contribution in [0.5, 0.6) is 11.5 Å². The zero-order valence-corrected chi connectivity index (χ0v) is 32.9. The quantitative estimate of drug-likeness (QED) is 0.239. The number of Topliss-reactive ketones (excluding diaryl/α,β-unsaturated/α-hetero) is 1. The minimum atomic E-state index is -3.79. The van der Waals surface area contributed by atoms with Gasteiger partial charge in [0.2, 0.25) is 21.8 Å². The molecule has 3 fully saturated rings. The van der Waals surface area contributed by atoms with Crippen LogP contribution in [0.1, 0.15) is 95.7 Å². The van der Waals surface area contributed by atoms with Crippen molar-refractivity contribution in [3.8, 4) is 22.2 Å². The van der Waals surface area contributed by atoms with E-state index in [1.807, 2.05) is 35.7 Å². The molecule has 1 aliphatic heterocycles. The van der Waals surface area contributed by atoms with E-state index in [9.17, 15) is 22.8 Å². The Hall–Kier alpha value is -3.84. The van der Waals surface area contributed by atoms with Gasteiger partial charge >= 0.3 is 0 Å².